The number of anilines is 2. The summed E-state index contributed by atoms with van der Waals surface area (Å²) in [5, 5.41) is 13.2. The zero-order valence-electron chi connectivity index (χ0n) is 24.5. The highest BCUT2D eigenvalue weighted by molar-refractivity contribution is 5.93. The molecular weight excluding hydrogens is 522 g/mol. The Labute approximate surface area is 238 Å². The summed E-state index contributed by atoms with van der Waals surface area (Å²) in [5.41, 5.74) is 7.39. The monoisotopic (exact) mass is 557 g/mol. The summed E-state index contributed by atoms with van der Waals surface area (Å²) in [4.78, 5) is 33.0. The van der Waals surface area contributed by atoms with Crippen molar-refractivity contribution in [2.75, 3.05) is 25.7 Å². The summed E-state index contributed by atoms with van der Waals surface area (Å²) >= 11 is 0. The van der Waals surface area contributed by atoms with Crippen molar-refractivity contribution in [1.82, 2.24) is 30.3 Å². The molecule has 1 unspecified atom stereocenters. The second-order valence-electron chi connectivity index (χ2n) is 10.5. The van der Waals surface area contributed by atoms with E-state index in [1.165, 1.54) is 0 Å². The number of aryl methyl sites for hydroxylation is 5. The SMILES string of the molecule is COc1cc2c(cc1OC)-c1cc(N(c3c(C)cc(C)cc3C)C(C)CNC(=O)c3[nH]nnc3C)nc(=O)n1CC2. The molecule has 4 aromatic rings. The lowest BCUT2D eigenvalue weighted by Crippen LogP contribution is -2.42. The number of nitrogens with zero attached hydrogens (tertiary/aromatic N) is 5. The predicted octanol–water partition coefficient (Wildman–Crippen LogP) is 3.79. The van der Waals surface area contributed by atoms with Crippen molar-refractivity contribution in [2.45, 2.75) is 53.6 Å². The minimum absolute atomic E-state index is 0.265. The first-order valence-corrected chi connectivity index (χ1v) is 13.5. The number of aromatic amines is 1. The summed E-state index contributed by atoms with van der Waals surface area (Å²) in [6.45, 7) is 10.7. The van der Waals surface area contributed by atoms with Crippen LogP contribution in [0.3, 0.4) is 0 Å². The van der Waals surface area contributed by atoms with Crippen molar-refractivity contribution in [3.05, 3.63) is 74.5 Å². The third kappa shape index (κ3) is 5.15. The average molecular weight is 558 g/mol. The van der Waals surface area contributed by atoms with Crippen LogP contribution in [0.15, 0.2) is 35.1 Å². The summed E-state index contributed by atoms with van der Waals surface area (Å²) in [6.07, 6.45) is 0.674. The number of amides is 1. The fourth-order valence-electron chi connectivity index (χ4n) is 5.68. The first kappa shape index (κ1) is 27.9. The molecule has 41 heavy (non-hydrogen) atoms. The number of nitrogens with one attached hydrogen (secondary N) is 2. The van der Waals surface area contributed by atoms with Gasteiger partial charge < -0.3 is 19.7 Å². The summed E-state index contributed by atoms with van der Waals surface area (Å²) in [6, 6.07) is 9.79. The van der Waals surface area contributed by atoms with Crippen LogP contribution in [0.5, 0.6) is 11.5 Å². The number of aromatic nitrogens is 5. The van der Waals surface area contributed by atoms with E-state index in [0.717, 1.165) is 39.2 Å². The van der Waals surface area contributed by atoms with Crippen molar-refractivity contribution in [3.8, 4) is 22.8 Å². The van der Waals surface area contributed by atoms with E-state index in [9.17, 15) is 9.59 Å². The molecule has 5 rings (SSSR count). The first-order chi connectivity index (χ1) is 19.6. The minimum atomic E-state index is -0.333. The molecule has 2 aromatic heterocycles. The summed E-state index contributed by atoms with van der Waals surface area (Å²) in [7, 11) is 3.21. The van der Waals surface area contributed by atoms with Gasteiger partial charge in [0.2, 0.25) is 0 Å². The van der Waals surface area contributed by atoms with Gasteiger partial charge in [-0.25, -0.2) is 4.79 Å². The largest absolute Gasteiger partial charge is 0.493 e. The van der Waals surface area contributed by atoms with Crippen LogP contribution in [0.2, 0.25) is 0 Å². The van der Waals surface area contributed by atoms with Crippen LogP contribution in [0.1, 0.15) is 45.4 Å². The maximum Gasteiger partial charge on any atom is 0.350 e. The number of carbonyl (C=O) groups excluding carboxylic acids is 1. The first-order valence-electron chi connectivity index (χ1n) is 13.5. The van der Waals surface area contributed by atoms with Crippen LogP contribution in [-0.4, -0.2) is 57.7 Å². The fraction of sp³-hybridized carbons (Fsp3) is 0.367. The van der Waals surface area contributed by atoms with Gasteiger partial charge in [-0.15, -0.1) is 5.10 Å². The minimum Gasteiger partial charge on any atom is -0.493 e. The third-order valence-electron chi connectivity index (χ3n) is 7.56. The van der Waals surface area contributed by atoms with Gasteiger partial charge in [-0.05, 0) is 69.9 Å². The van der Waals surface area contributed by atoms with Crippen LogP contribution in [0.25, 0.3) is 11.3 Å². The lowest BCUT2D eigenvalue weighted by Gasteiger charge is -2.34. The van der Waals surface area contributed by atoms with Gasteiger partial charge >= 0.3 is 5.69 Å². The van der Waals surface area contributed by atoms with Gasteiger partial charge in [0.25, 0.3) is 5.91 Å². The lowest BCUT2D eigenvalue weighted by molar-refractivity contribution is 0.0946. The highest BCUT2D eigenvalue weighted by atomic mass is 16.5. The third-order valence-corrected chi connectivity index (χ3v) is 7.56. The molecule has 11 nitrogen and oxygen atoms in total. The number of hydrogen-bond donors (Lipinski definition) is 2. The van der Waals surface area contributed by atoms with Gasteiger partial charge in [-0.3, -0.25) is 14.5 Å². The van der Waals surface area contributed by atoms with Gasteiger partial charge in [-0.2, -0.15) is 4.98 Å². The zero-order chi connectivity index (χ0) is 29.4. The highest BCUT2D eigenvalue weighted by Gasteiger charge is 2.27. The van der Waals surface area contributed by atoms with Crippen molar-refractivity contribution in [3.63, 3.8) is 0 Å². The smallest absolute Gasteiger partial charge is 0.350 e. The molecule has 1 atom stereocenters. The van der Waals surface area contributed by atoms with Crippen LogP contribution >= 0.6 is 0 Å². The lowest BCUT2D eigenvalue weighted by atomic mass is 9.96. The Kier molecular flexibility index (Phi) is 7.53. The topological polar surface area (TPSA) is 127 Å². The number of benzene rings is 2. The normalized spacial score (nSPS) is 12.8. The Morgan fingerprint density at radius 2 is 1.76 bits per heavy atom. The van der Waals surface area contributed by atoms with E-state index in [2.05, 4.69) is 44.8 Å². The quantitative estimate of drug-likeness (QED) is 0.335. The van der Waals surface area contributed by atoms with Gasteiger partial charge in [0.1, 0.15) is 11.5 Å². The van der Waals surface area contributed by atoms with E-state index in [4.69, 9.17) is 9.47 Å². The number of fused-ring (bicyclic) bond motifs is 3. The van der Waals surface area contributed by atoms with E-state index in [-0.39, 0.29) is 24.2 Å². The molecule has 0 saturated heterocycles. The standard InChI is InChI=1S/C30H35N7O4/c1-16-10-17(2)28(18(3)11-16)37(19(4)15-31-29(38)27-20(5)33-35-34-27)26-14-23-22-13-25(41-7)24(40-6)12-21(22)8-9-36(23)30(39)32-26/h10-14,19H,8-9,15H2,1-7H3,(H,31,38)(H,33,34,35). The van der Waals surface area contributed by atoms with Crippen molar-refractivity contribution in [1.29, 1.82) is 0 Å². The van der Waals surface area contributed by atoms with Crippen molar-refractivity contribution in [2.24, 2.45) is 0 Å². The molecule has 1 aliphatic heterocycles. The van der Waals surface area contributed by atoms with Crippen LogP contribution < -0.4 is 25.4 Å². The second-order valence-corrected chi connectivity index (χ2v) is 10.5. The number of carbonyl (C=O) groups is 1. The molecule has 0 fully saturated rings. The number of hydrogen-bond acceptors (Lipinski definition) is 8. The molecule has 1 aliphatic rings. The zero-order valence-corrected chi connectivity index (χ0v) is 24.5. The molecule has 214 valence electrons. The van der Waals surface area contributed by atoms with E-state index < -0.39 is 0 Å². The molecule has 3 heterocycles. The second kappa shape index (κ2) is 11.1. The Balaban J connectivity index is 1.62. The molecule has 2 N–H and O–H groups in total. The number of rotatable bonds is 8. The average Bonchev–Trinajstić information content (AvgIpc) is 3.38. The fourth-order valence-corrected chi connectivity index (χ4v) is 5.68. The van der Waals surface area contributed by atoms with Crippen LogP contribution in [0, 0.1) is 27.7 Å². The number of H-pyrrole nitrogens is 1. The van der Waals surface area contributed by atoms with E-state index in [1.807, 2.05) is 43.9 Å². The van der Waals surface area contributed by atoms with Crippen LogP contribution in [-0.2, 0) is 13.0 Å². The van der Waals surface area contributed by atoms with E-state index >= 15 is 0 Å². The van der Waals surface area contributed by atoms with Crippen molar-refractivity contribution >= 4 is 17.4 Å². The van der Waals surface area contributed by atoms with Crippen molar-refractivity contribution < 1.29 is 14.3 Å². The molecule has 0 radical (unpaired) electrons. The van der Waals surface area contributed by atoms with Crippen LogP contribution in [0.4, 0.5) is 11.5 Å². The predicted molar refractivity (Wildman–Crippen MR) is 156 cm³/mol. The Hall–Kier alpha value is -4.67. The molecule has 0 saturated carbocycles. The van der Waals surface area contributed by atoms with Gasteiger partial charge in [0, 0.05) is 30.4 Å². The summed E-state index contributed by atoms with van der Waals surface area (Å²) < 4.78 is 12.8. The molecular formula is C30H35N7O4. The van der Waals surface area contributed by atoms with E-state index in [1.54, 1.807) is 25.7 Å². The molecule has 1 amide bonds. The van der Waals surface area contributed by atoms with Gasteiger partial charge in [-0.1, -0.05) is 22.9 Å². The molecule has 0 spiro atoms. The number of methoxy groups -OCH3 is 2. The maximum atomic E-state index is 13.5. The Morgan fingerprint density at radius 3 is 2.39 bits per heavy atom. The molecule has 11 heteroatoms. The van der Waals surface area contributed by atoms with Gasteiger partial charge in [0.05, 0.1) is 31.6 Å². The van der Waals surface area contributed by atoms with Gasteiger partial charge in [0.15, 0.2) is 11.5 Å². The molecule has 0 aliphatic carbocycles. The molecule has 2 aromatic carbocycles. The van der Waals surface area contributed by atoms with E-state index in [0.29, 0.717) is 41.7 Å². The Morgan fingerprint density at radius 1 is 1.07 bits per heavy atom. The Bertz CT molecular complexity index is 1670. The summed E-state index contributed by atoms with van der Waals surface area (Å²) in [5.74, 6) is 1.44. The highest BCUT2D eigenvalue weighted by Crippen LogP contribution is 2.40. The molecule has 0 bridgehead atoms. The number of ether oxygens (including phenoxy) is 2. The maximum absolute atomic E-state index is 13.5.